The molecule has 0 bridgehead atoms. The number of carbonyl (C=O) groups is 1. The van der Waals surface area contributed by atoms with Gasteiger partial charge in [-0.3, -0.25) is 9.48 Å². The number of nitrogens with zero attached hydrogens (tertiary/aromatic N) is 5. The predicted octanol–water partition coefficient (Wildman–Crippen LogP) is 3.11. The highest BCUT2D eigenvalue weighted by Crippen LogP contribution is 2.27. The predicted molar refractivity (Wildman–Crippen MR) is 93.0 cm³/mol. The maximum Gasteiger partial charge on any atom is 0.224 e. The van der Waals surface area contributed by atoms with Crippen molar-refractivity contribution in [2.75, 3.05) is 13.1 Å². The summed E-state index contributed by atoms with van der Waals surface area (Å²) in [6.45, 7) is 6.46. The van der Waals surface area contributed by atoms with Crippen LogP contribution >= 0.6 is 11.6 Å². The lowest BCUT2D eigenvalue weighted by atomic mass is 9.96. The van der Waals surface area contributed by atoms with Crippen molar-refractivity contribution in [2.45, 2.75) is 51.6 Å². The van der Waals surface area contributed by atoms with Gasteiger partial charge in [0.1, 0.15) is 5.82 Å². The molecule has 1 aliphatic heterocycles. The van der Waals surface area contributed by atoms with Crippen LogP contribution in [0.25, 0.3) is 0 Å². The van der Waals surface area contributed by atoms with E-state index < -0.39 is 0 Å². The Morgan fingerprint density at radius 1 is 1.46 bits per heavy atom. The number of halogens is 1. The van der Waals surface area contributed by atoms with Gasteiger partial charge in [-0.1, -0.05) is 11.6 Å². The molecule has 24 heavy (non-hydrogen) atoms. The number of hydrogen-bond donors (Lipinski definition) is 0. The van der Waals surface area contributed by atoms with Gasteiger partial charge in [-0.05, 0) is 26.7 Å². The Balaban J connectivity index is 1.60. The number of imidazole rings is 1. The summed E-state index contributed by atoms with van der Waals surface area (Å²) in [6.07, 6.45) is 9.78. The highest BCUT2D eigenvalue weighted by Gasteiger charge is 2.27. The minimum atomic E-state index is 0.175. The van der Waals surface area contributed by atoms with Gasteiger partial charge in [-0.25, -0.2) is 4.98 Å². The Bertz CT molecular complexity index is 693. The summed E-state index contributed by atoms with van der Waals surface area (Å²) in [6, 6.07) is 0.387. The first-order chi connectivity index (χ1) is 11.5. The van der Waals surface area contributed by atoms with Crippen LogP contribution in [0.15, 0.2) is 24.8 Å². The quantitative estimate of drug-likeness (QED) is 0.833. The second-order valence-corrected chi connectivity index (χ2v) is 7.07. The molecule has 6 nitrogen and oxygen atoms in total. The Morgan fingerprint density at radius 2 is 2.29 bits per heavy atom. The maximum atomic E-state index is 12.5. The fourth-order valence-corrected chi connectivity index (χ4v) is 3.48. The van der Waals surface area contributed by atoms with E-state index in [2.05, 4.69) is 28.5 Å². The fourth-order valence-electron chi connectivity index (χ4n) is 3.32. The minimum Gasteiger partial charge on any atom is -0.342 e. The molecule has 0 aromatic carbocycles. The van der Waals surface area contributed by atoms with E-state index in [0.29, 0.717) is 29.9 Å². The number of aromatic nitrogens is 4. The molecule has 130 valence electrons. The Kier molecular flexibility index (Phi) is 5.23. The van der Waals surface area contributed by atoms with Crippen LogP contribution in [0.4, 0.5) is 0 Å². The molecule has 0 aliphatic carbocycles. The molecule has 0 spiro atoms. The van der Waals surface area contributed by atoms with Crippen LogP contribution in [0.2, 0.25) is 5.02 Å². The van der Waals surface area contributed by atoms with E-state index in [1.54, 1.807) is 17.1 Å². The number of amides is 1. The molecule has 1 fully saturated rings. The van der Waals surface area contributed by atoms with E-state index in [-0.39, 0.29) is 5.91 Å². The molecule has 0 unspecified atom stereocenters. The fraction of sp³-hybridized carbons (Fsp3) is 0.588. The topological polar surface area (TPSA) is 56.0 Å². The van der Waals surface area contributed by atoms with Gasteiger partial charge < -0.3 is 9.47 Å². The van der Waals surface area contributed by atoms with E-state index in [0.717, 1.165) is 31.8 Å². The molecule has 1 amide bonds. The number of aryl methyl sites for hydroxylation is 1. The molecule has 1 aliphatic rings. The van der Waals surface area contributed by atoms with E-state index in [1.807, 2.05) is 17.3 Å². The number of rotatable bonds is 5. The second kappa shape index (κ2) is 7.38. The average Bonchev–Trinajstić information content (AvgIpc) is 3.21. The van der Waals surface area contributed by atoms with Gasteiger partial charge >= 0.3 is 0 Å². The van der Waals surface area contributed by atoms with Crippen LogP contribution < -0.4 is 0 Å². The highest BCUT2D eigenvalue weighted by atomic mass is 35.5. The number of likely N-dealkylation sites (tertiary alicyclic amines) is 1. The zero-order valence-electron chi connectivity index (χ0n) is 14.2. The summed E-state index contributed by atoms with van der Waals surface area (Å²) in [5, 5.41) is 4.72. The van der Waals surface area contributed by atoms with E-state index >= 15 is 0 Å². The third kappa shape index (κ3) is 3.80. The largest absolute Gasteiger partial charge is 0.342 e. The van der Waals surface area contributed by atoms with Gasteiger partial charge in [0.2, 0.25) is 5.91 Å². The lowest BCUT2D eigenvalue weighted by molar-refractivity contribution is -0.132. The third-order valence-corrected chi connectivity index (χ3v) is 4.75. The van der Waals surface area contributed by atoms with Crippen LogP contribution in [0.3, 0.4) is 0 Å². The van der Waals surface area contributed by atoms with Crippen LogP contribution in [-0.2, 0) is 11.3 Å². The van der Waals surface area contributed by atoms with Crippen molar-refractivity contribution < 1.29 is 4.79 Å². The lowest BCUT2D eigenvalue weighted by Gasteiger charge is -2.33. The minimum absolute atomic E-state index is 0.175. The number of hydrogen-bond acceptors (Lipinski definition) is 3. The van der Waals surface area contributed by atoms with Gasteiger partial charge in [0.25, 0.3) is 0 Å². The third-order valence-electron chi connectivity index (χ3n) is 4.55. The zero-order valence-corrected chi connectivity index (χ0v) is 15.0. The molecular formula is C17H24ClN5O. The second-order valence-electron chi connectivity index (χ2n) is 6.64. The van der Waals surface area contributed by atoms with Gasteiger partial charge in [0, 0.05) is 56.6 Å². The van der Waals surface area contributed by atoms with Crippen molar-refractivity contribution in [3.05, 3.63) is 35.6 Å². The summed E-state index contributed by atoms with van der Waals surface area (Å²) in [4.78, 5) is 19.1. The van der Waals surface area contributed by atoms with Crippen molar-refractivity contribution in [3.63, 3.8) is 0 Å². The molecule has 2 aromatic rings. The SMILES string of the molecule is CC(C)n1ccnc1[C@@H]1CCCN(C(=O)CCn2cc(Cl)cn2)C1. The van der Waals surface area contributed by atoms with Gasteiger partial charge in [-0.15, -0.1) is 0 Å². The van der Waals surface area contributed by atoms with Crippen molar-refractivity contribution >= 4 is 17.5 Å². The van der Waals surface area contributed by atoms with Crippen LogP contribution in [0.5, 0.6) is 0 Å². The molecule has 0 saturated carbocycles. The normalized spacial score (nSPS) is 18.3. The first-order valence-corrected chi connectivity index (χ1v) is 8.91. The maximum absolute atomic E-state index is 12.5. The van der Waals surface area contributed by atoms with Crippen LogP contribution in [0.1, 0.15) is 50.9 Å². The van der Waals surface area contributed by atoms with Crippen molar-refractivity contribution in [3.8, 4) is 0 Å². The summed E-state index contributed by atoms with van der Waals surface area (Å²) < 4.78 is 3.93. The zero-order chi connectivity index (χ0) is 17.1. The Labute approximate surface area is 147 Å². The molecule has 1 atom stereocenters. The van der Waals surface area contributed by atoms with Crippen LogP contribution in [-0.4, -0.2) is 43.2 Å². The molecule has 3 heterocycles. The smallest absolute Gasteiger partial charge is 0.224 e. The molecule has 2 aromatic heterocycles. The summed E-state index contributed by atoms with van der Waals surface area (Å²) >= 11 is 5.85. The molecule has 0 N–H and O–H groups in total. The first-order valence-electron chi connectivity index (χ1n) is 8.53. The number of carbonyl (C=O) groups excluding carboxylic acids is 1. The summed E-state index contributed by atoms with van der Waals surface area (Å²) in [7, 11) is 0. The number of piperidine rings is 1. The highest BCUT2D eigenvalue weighted by molar-refractivity contribution is 6.30. The Hall–Kier alpha value is -1.82. The van der Waals surface area contributed by atoms with Gasteiger partial charge in [0.15, 0.2) is 0 Å². The molecule has 7 heteroatoms. The standard InChI is InChI=1S/C17H24ClN5O/c1-13(2)23-9-6-19-17(23)14-4-3-7-21(11-14)16(24)5-8-22-12-15(18)10-20-22/h6,9-10,12-14H,3-5,7-8,11H2,1-2H3/t14-/m1/s1. The molecule has 3 rings (SSSR count). The molecule has 0 radical (unpaired) electrons. The van der Waals surface area contributed by atoms with Crippen molar-refractivity contribution in [2.24, 2.45) is 0 Å². The molecular weight excluding hydrogens is 326 g/mol. The van der Waals surface area contributed by atoms with Crippen molar-refractivity contribution in [1.82, 2.24) is 24.2 Å². The van der Waals surface area contributed by atoms with Crippen molar-refractivity contribution in [1.29, 1.82) is 0 Å². The van der Waals surface area contributed by atoms with E-state index in [1.165, 1.54) is 0 Å². The van der Waals surface area contributed by atoms with E-state index in [9.17, 15) is 4.79 Å². The van der Waals surface area contributed by atoms with Crippen LogP contribution in [0, 0.1) is 0 Å². The van der Waals surface area contributed by atoms with Gasteiger partial charge in [-0.2, -0.15) is 5.10 Å². The Morgan fingerprint density at radius 3 is 3.00 bits per heavy atom. The summed E-state index contributed by atoms with van der Waals surface area (Å²) in [5.74, 6) is 1.59. The first kappa shape index (κ1) is 17.0. The van der Waals surface area contributed by atoms with E-state index in [4.69, 9.17) is 11.6 Å². The lowest BCUT2D eigenvalue weighted by Crippen LogP contribution is -2.40. The average molecular weight is 350 g/mol. The monoisotopic (exact) mass is 349 g/mol. The molecule has 1 saturated heterocycles. The summed E-state index contributed by atoms with van der Waals surface area (Å²) in [5.41, 5.74) is 0. The van der Waals surface area contributed by atoms with Gasteiger partial charge in [0.05, 0.1) is 11.2 Å².